The predicted molar refractivity (Wildman–Crippen MR) is 101 cm³/mol. The number of carbonyl (C=O) groups excluding carboxylic acids is 2. The zero-order chi connectivity index (χ0) is 18.4. The fourth-order valence-electron chi connectivity index (χ4n) is 5.70. The summed E-state index contributed by atoms with van der Waals surface area (Å²) in [6.45, 7) is 6.01. The van der Waals surface area contributed by atoms with Crippen LogP contribution in [0.4, 0.5) is 0 Å². The van der Waals surface area contributed by atoms with E-state index in [1.807, 2.05) is 16.5 Å². The van der Waals surface area contributed by atoms with E-state index < -0.39 is 0 Å². The Kier molecular flexibility index (Phi) is 4.55. The van der Waals surface area contributed by atoms with Crippen LogP contribution in [0.25, 0.3) is 0 Å². The zero-order valence-electron chi connectivity index (χ0n) is 15.7. The Morgan fingerprint density at radius 3 is 2.69 bits per heavy atom. The van der Waals surface area contributed by atoms with Gasteiger partial charge in [-0.15, -0.1) is 11.3 Å². The van der Waals surface area contributed by atoms with Gasteiger partial charge in [0.05, 0.1) is 12.0 Å². The Balaban J connectivity index is 1.51. The highest BCUT2D eigenvalue weighted by Gasteiger charge is 2.64. The number of hydrogen-bond acceptors (Lipinski definition) is 5. The molecule has 0 radical (unpaired) electrons. The number of amides is 2. The molecule has 1 aliphatic carbocycles. The van der Waals surface area contributed by atoms with Crippen molar-refractivity contribution in [2.45, 2.75) is 39.2 Å². The van der Waals surface area contributed by atoms with Crippen LogP contribution in [0.2, 0.25) is 0 Å². The largest absolute Gasteiger partial charge is 0.359 e. The van der Waals surface area contributed by atoms with Crippen molar-refractivity contribution in [3.63, 3.8) is 0 Å². The molecule has 0 bridgehead atoms. The highest BCUT2D eigenvalue weighted by Crippen LogP contribution is 2.62. The molecule has 2 aliphatic heterocycles. The van der Waals surface area contributed by atoms with E-state index in [0.717, 1.165) is 51.9 Å². The zero-order valence-corrected chi connectivity index (χ0v) is 16.5. The van der Waals surface area contributed by atoms with E-state index in [1.165, 1.54) is 5.01 Å². The van der Waals surface area contributed by atoms with Crippen molar-refractivity contribution in [3.05, 3.63) is 16.6 Å². The van der Waals surface area contributed by atoms with Crippen molar-refractivity contribution in [1.29, 1.82) is 0 Å². The monoisotopic (exact) mass is 376 g/mol. The van der Waals surface area contributed by atoms with Gasteiger partial charge in [-0.3, -0.25) is 14.5 Å². The molecule has 6 nitrogen and oxygen atoms in total. The molecule has 3 aliphatic rings. The number of piperidine rings is 1. The van der Waals surface area contributed by atoms with Crippen LogP contribution in [0, 0.1) is 16.7 Å². The van der Waals surface area contributed by atoms with E-state index in [0.29, 0.717) is 12.5 Å². The molecule has 0 unspecified atom stereocenters. The second kappa shape index (κ2) is 6.60. The maximum absolute atomic E-state index is 12.8. The molecule has 142 valence electrons. The van der Waals surface area contributed by atoms with Crippen molar-refractivity contribution in [3.8, 4) is 0 Å². The van der Waals surface area contributed by atoms with Crippen molar-refractivity contribution in [2.24, 2.45) is 16.7 Å². The summed E-state index contributed by atoms with van der Waals surface area (Å²) in [7, 11) is 1.73. The number of fused-ring (bicyclic) bond motifs is 2. The molecular weight excluding hydrogens is 348 g/mol. The van der Waals surface area contributed by atoms with Crippen LogP contribution in [0.3, 0.4) is 0 Å². The molecule has 3 fully saturated rings. The number of rotatable bonds is 3. The summed E-state index contributed by atoms with van der Waals surface area (Å²) in [6, 6.07) is 0. The Bertz CT molecular complexity index is 684. The van der Waals surface area contributed by atoms with Gasteiger partial charge in [-0.2, -0.15) is 0 Å². The molecule has 2 atom stereocenters. The van der Waals surface area contributed by atoms with Gasteiger partial charge in [0.25, 0.3) is 0 Å². The van der Waals surface area contributed by atoms with Gasteiger partial charge in [0.1, 0.15) is 5.01 Å². The van der Waals surface area contributed by atoms with Crippen LogP contribution in [-0.2, 0) is 16.1 Å². The number of aromatic nitrogens is 1. The van der Waals surface area contributed by atoms with E-state index in [9.17, 15) is 9.59 Å². The highest BCUT2D eigenvalue weighted by molar-refractivity contribution is 7.09. The second-order valence-electron chi connectivity index (χ2n) is 8.25. The summed E-state index contributed by atoms with van der Waals surface area (Å²) < 4.78 is 0. The molecule has 2 saturated heterocycles. The van der Waals surface area contributed by atoms with Gasteiger partial charge in [0.2, 0.25) is 11.8 Å². The van der Waals surface area contributed by atoms with Gasteiger partial charge in [0, 0.05) is 38.6 Å². The maximum Gasteiger partial charge on any atom is 0.228 e. The molecule has 26 heavy (non-hydrogen) atoms. The molecule has 1 aromatic heterocycles. The third-order valence-corrected chi connectivity index (χ3v) is 7.93. The molecule has 1 N–H and O–H groups in total. The van der Waals surface area contributed by atoms with E-state index in [-0.39, 0.29) is 22.6 Å². The molecule has 0 aromatic carbocycles. The number of nitrogens with one attached hydrogen (secondary N) is 1. The molecule has 3 heterocycles. The van der Waals surface area contributed by atoms with Gasteiger partial charge < -0.3 is 10.2 Å². The first-order valence-electron chi connectivity index (χ1n) is 9.57. The molecule has 2 amide bonds. The summed E-state index contributed by atoms with van der Waals surface area (Å²) >= 11 is 1.72. The number of likely N-dealkylation sites (tertiary alicyclic amines) is 2. The number of thiazole rings is 1. The summed E-state index contributed by atoms with van der Waals surface area (Å²) in [6.07, 6.45) is 6.13. The lowest BCUT2D eigenvalue weighted by Crippen LogP contribution is -2.48. The molecule has 4 rings (SSSR count). The average Bonchev–Trinajstić information content (AvgIpc) is 3.34. The second-order valence-corrected chi connectivity index (χ2v) is 9.23. The van der Waals surface area contributed by atoms with E-state index in [2.05, 4.69) is 15.2 Å². The van der Waals surface area contributed by atoms with Crippen molar-refractivity contribution >= 4 is 23.2 Å². The average molecular weight is 377 g/mol. The van der Waals surface area contributed by atoms with Gasteiger partial charge in [0.15, 0.2) is 0 Å². The van der Waals surface area contributed by atoms with Crippen LogP contribution in [-0.4, -0.2) is 59.8 Å². The lowest BCUT2D eigenvalue weighted by molar-refractivity contribution is -0.133. The Morgan fingerprint density at radius 1 is 1.31 bits per heavy atom. The smallest absolute Gasteiger partial charge is 0.228 e. The lowest BCUT2D eigenvalue weighted by Gasteiger charge is -2.44. The van der Waals surface area contributed by atoms with E-state index in [1.54, 1.807) is 25.3 Å². The van der Waals surface area contributed by atoms with Gasteiger partial charge >= 0.3 is 0 Å². The molecule has 1 spiro atoms. The fourth-order valence-corrected chi connectivity index (χ4v) is 6.36. The number of carbonyl (C=O) groups is 2. The minimum absolute atomic E-state index is 0.0963. The van der Waals surface area contributed by atoms with Crippen LogP contribution >= 0.6 is 11.3 Å². The first-order chi connectivity index (χ1) is 12.5. The topological polar surface area (TPSA) is 65.5 Å². The fraction of sp³-hybridized carbons (Fsp3) is 0.737. The molecule has 7 heteroatoms. The third-order valence-electron chi connectivity index (χ3n) is 7.17. The van der Waals surface area contributed by atoms with Crippen molar-refractivity contribution in [2.75, 3.05) is 33.2 Å². The normalized spacial score (nSPS) is 30.5. The molecule has 1 saturated carbocycles. The summed E-state index contributed by atoms with van der Waals surface area (Å²) in [4.78, 5) is 33.6. The minimum atomic E-state index is -0.377. The maximum atomic E-state index is 12.8. The lowest BCUT2D eigenvalue weighted by atomic mass is 9.65. The van der Waals surface area contributed by atoms with E-state index >= 15 is 0 Å². The summed E-state index contributed by atoms with van der Waals surface area (Å²) in [5.74, 6) is 0.522. The van der Waals surface area contributed by atoms with Gasteiger partial charge in [-0.05, 0) is 50.1 Å². The quantitative estimate of drug-likeness (QED) is 0.873. The first kappa shape index (κ1) is 17.9. The Hall–Kier alpha value is -1.47. The number of nitrogens with zero attached hydrogens (tertiary/aromatic N) is 3. The standard InChI is InChI=1S/C19H28N4O2S/c1-14(24)23-11-15-18(3-4-19(15,13-23)17(25)20-2)5-8-22(9-6-18)12-16-21-7-10-26-16/h7,10,15H,3-6,8-9,11-13H2,1-2H3,(H,20,25)/t15-,19+/m0/s1. The number of hydrogen-bond donors (Lipinski definition) is 1. The van der Waals surface area contributed by atoms with Crippen LogP contribution in [0.15, 0.2) is 11.6 Å². The Labute approximate surface area is 159 Å². The van der Waals surface area contributed by atoms with Gasteiger partial charge in [-0.1, -0.05) is 0 Å². The highest BCUT2D eigenvalue weighted by atomic mass is 32.1. The van der Waals surface area contributed by atoms with Gasteiger partial charge in [-0.25, -0.2) is 4.98 Å². The first-order valence-corrected chi connectivity index (χ1v) is 10.5. The van der Waals surface area contributed by atoms with Crippen LogP contribution in [0.5, 0.6) is 0 Å². The van der Waals surface area contributed by atoms with Crippen LogP contribution in [0.1, 0.15) is 37.6 Å². The van der Waals surface area contributed by atoms with E-state index in [4.69, 9.17) is 0 Å². The van der Waals surface area contributed by atoms with Crippen LogP contribution < -0.4 is 5.32 Å². The Morgan fingerprint density at radius 2 is 2.08 bits per heavy atom. The minimum Gasteiger partial charge on any atom is -0.359 e. The molecular formula is C19H28N4O2S. The van der Waals surface area contributed by atoms with Crippen molar-refractivity contribution < 1.29 is 9.59 Å². The third kappa shape index (κ3) is 2.76. The van der Waals surface area contributed by atoms with Crippen molar-refractivity contribution in [1.82, 2.24) is 20.1 Å². The summed E-state index contributed by atoms with van der Waals surface area (Å²) in [5, 5.41) is 6.10. The SMILES string of the molecule is CNC(=O)[C@@]12CCC3(CCN(Cc4nccs4)CC3)[C@@H]1CN(C(C)=O)C2. The molecule has 1 aromatic rings. The predicted octanol–water partition coefficient (Wildman–Crippen LogP) is 1.73. The summed E-state index contributed by atoms with van der Waals surface area (Å²) in [5.41, 5.74) is -0.173.